The maximum absolute atomic E-state index is 13.7. The lowest BCUT2D eigenvalue weighted by Crippen LogP contribution is -1.92. The number of hydrogen-bond acceptors (Lipinski definition) is 2. The molecule has 2 nitrogen and oxygen atoms in total. The molecule has 0 spiro atoms. The number of pyridine rings is 1. The SMILES string of the molecule is O=Cc1cc(-c2ncccc2Cl)c(F)cc1Cl. The van der Waals surface area contributed by atoms with Gasteiger partial charge in [0.15, 0.2) is 6.29 Å². The number of carbonyl (C=O) groups excluding carboxylic acids is 1. The highest BCUT2D eigenvalue weighted by molar-refractivity contribution is 6.34. The van der Waals surface area contributed by atoms with Crippen molar-refractivity contribution in [2.24, 2.45) is 0 Å². The first-order chi connectivity index (χ1) is 8.13. The van der Waals surface area contributed by atoms with Crippen molar-refractivity contribution in [3.05, 3.63) is 51.9 Å². The topological polar surface area (TPSA) is 30.0 Å². The Balaban J connectivity index is 2.68. The van der Waals surface area contributed by atoms with Crippen molar-refractivity contribution in [2.45, 2.75) is 0 Å². The average Bonchev–Trinajstić information content (AvgIpc) is 2.31. The van der Waals surface area contributed by atoms with E-state index < -0.39 is 5.82 Å². The van der Waals surface area contributed by atoms with Crippen molar-refractivity contribution in [2.75, 3.05) is 0 Å². The number of halogens is 3. The molecule has 17 heavy (non-hydrogen) atoms. The van der Waals surface area contributed by atoms with Crippen molar-refractivity contribution < 1.29 is 9.18 Å². The van der Waals surface area contributed by atoms with E-state index in [1.54, 1.807) is 12.1 Å². The molecule has 2 aromatic rings. The molecule has 5 heteroatoms. The fraction of sp³-hybridized carbons (Fsp3) is 0. The summed E-state index contributed by atoms with van der Waals surface area (Å²) >= 11 is 11.6. The molecule has 0 saturated carbocycles. The van der Waals surface area contributed by atoms with Crippen LogP contribution >= 0.6 is 23.2 Å². The normalized spacial score (nSPS) is 10.3. The molecule has 1 aromatic heterocycles. The van der Waals surface area contributed by atoms with Crippen LogP contribution in [0, 0.1) is 5.82 Å². The predicted molar refractivity (Wildman–Crippen MR) is 65.0 cm³/mol. The van der Waals surface area contributed by atoms with E-state index in [1.807, 2.05) is 0 Å². The zero-order valence-electron chi connectivity index (χ0n) is 8.45. The van der Waals surface area contributed by atoms with Gasteiger partial charge in [-0.25, -0.2) is 4.39 Å². The minimum atomic E-state index is -0.568. The molecule has 0 atom stereocenters. The Morgan fingerprint density at radius 1 is 1.24 bits per heavy atom. The number of aldehydes is 1. The summed E-state index contributed by atoms with van der Waals surface area (Å²) in [4.78, 5) is 14.7. The summed E-state index contributed by atoms with van der Waals surface area (Å²) in [6.07, 6.45) is 2.05. The van der Waals surface area contributed by atoms with E-state index in [4.69, 9.17) is 23.2 Å². The van der Waals surface area contributed by atoms with Crippen LogP contribution in [0.3, 0.4) is 0 Å². The van der Waals surface area contributed by atoms with Crippen LogP contribution in [0.1, 0.15) is 10.4 Å². The number of nitrogens with zero attached hydrogens (tertiary/aromatic N) is 1. The van der Waals surface area contributed by atoms with E-state index in [0.29, 0.717) is 11.3 Å². The Kier molecular flexibility index (Phi) is 3.41. The molecule has 2 rings (SSSR count). The summed E-state index contributed by atoms with van der Waals surface area (Å²) in [7, 11) is 0. The average molecular weight is 270 g/mol. The summed E-state index contributed by atoms with van der Waals surface area (Å²) in [5.41, 5.74) is 0.637. The van der Waals surface area contributed by atoms with Gasteiger partial charge in [0.25, 0.3) is 0 Å². The molecule has 0 N–H and O–H groups in total. The Hall–Kier alpha value is -1.45. The Bertz CT molecular complexity index is 587. The molecule has 0 unspecified atom stereocenters. The molecule has 0 fully saturated rings. The van der Waals surface area contributed by atoms with Gasteiger partial charge in [-0.1, -0.05) is 23.2 Å². The fourth-order valence-corrected chi connectivity index (χ4v) is 1.84. The highest BCUT2D eigenvalue weighted by atomic mass is 35.5. The Morgan fingerprint density at radius 2 is 2.00 bits per heavy atom. The Morgan fingerprint density at radius 3 is 2.65 bits per heavy atom. The molecule has 0 bridgehead atoms. The molecule has 1 heterocycles. The van der Waals surface area contributed by atoms with Gasteiger partial charge >= 0.3 is 0 Å². The first kappa shape index (κ1) is 12.0. The quantitative estimate of drug-likeness (QED) is 0.772. The number of hydrogen-bond donors (Lipinski definition) is 0. The molecule has 0 aliphatic rings. The van der Waals surface area contributed by atoms with Crippen molar-refractivity contribution in [3.63, 3.8) is 0 Å². The lowest BCUT2D eigenvalue weighted by Gasteiger charge is -2.06. The van der Waals surface area contributed by atoms with Crippen molar-refractivity contribution >= 4 is 29.5 Å². The van der Waals surface area contributed by atoms with Crippen LogP contribution < -0.4 is 0 Å². The van der Waals surface area contributed by atoms with Crippen LogP contribution in [0.2, 0.25) is 10.0 Å². The summed E-state index contributed by atoms with van der Waals surface area (Å²) < 4.78 is 13.7. The van der Waals surface area contributed by atoms with Crippen molar-refractivity contribution in [1.29, 1.82) is 0 Å². The second kappa shape index (κ2) is 4.82. The Labute approximate surface area is 107 Å². The van der Waals surface area contributed by atoms with Crippen LogP contribution in [0.15, 0.2) is 30.5 Å². The molecule has 0 aliphatic carbocycles. The maximum atomic E-state index is 13.7. The van der Waals surface area contributed by atoms with Crippen LogP contribution in [-0.4, -0.2) is 11.3 Å². The van der Waals surface area contributed by atoms with Crippen LogP contribution in [0.25, 0.3) is 11.3 Å². The van der Waals surface area contributed by atoms with Gasteiger partial charge in [0.1, 0.15) is 5.82 Å². The summed E-state index contributed by atoms with van der Waals surface area (Å²) in [5.74, 6) is -0.568. The highest BCUT2D eigenvalue weighted by Crippen LogP contribution is 2.30. The summed E-state index contributed by atoms with van der Waals surface area (Å²) in [6.45, 7) is 0. The minimum Gasteiger partial charge on any atom is -0.298 e. The lowest BCUT2D eigenvalue weighted by atomic mass is 10.1. The van der Waals surface area contributed by atoms with Crippen LogP contribution in [0.4, 0.5) is 4.39 Å². The lowest BCUT2D eigenvalue weighted by molar-refractivity contribution is 0.112. The fourth-order valence-electron chi connectivity index (χ4n) is 1.42. The number of carbonyl (C=O) groups is 1. The van der Waals surface area contributed by atoms with Gasteiger partial charge in [-0.2, -0.15) is 0 Å². The summed E-state index contributed by atoms with van der Waals surface area (Å²) in [5, 5.41) is 0.374. The van der Waals surface area contributed by atoms with Crippen molar-refractivity contribution in [1.82, 2.24) is 4.98 Å². The van der Waals surface area contributed by atoms with E-state index in [0.717, 1.165) is 6.07 Å². The predicted octanol–water partition coefficient (Wildman–Crippen LogP) is 4.01. The number of benzene rings is 1. The van der Waals surface area contributed by atoms with Gasteiger partial charge in [-0.05, 0) is 24.3 Å². The van der Waals surface area contributed by atoms with Gasteiger partial charge in [-0.15, -0.1) is 0 Å². The zero-order chi connectivity index (χ0) is 12.4. The van der Waals surface area contributed by atoms with E-state index in [1.165, 1.54) is 12.3 Å². The summed E-state index contributed by atoms with van der Waals surface area (Å²) in [6, 6.07) is 5.64. The largest absolute Gasteiger partial charge is 0.298 e. The smallest absolute Gasteiger partial charge is 0.151 e. The van der Waals surface area contributed by atoms with E-state index in [2.05, 4.69) is 4.98 Å². The van der Waals surface area contributed by atoms with Gasteiger partial charge in [0.2, 0.25) is 0 Å². The van der Waals surface area contributed by atoms with Crippen molar-refractivity contribution in [3.8, 4) is 11.3 Å². The first-order valence-electron chi connectivity index (χ1n) is 4.68. The van der Waals surface area contributed by atoms with E-state index in [9.17, 15) is 9.18 Å². The number of rotatable bonds is 2. The molecule has 86 valence electrons. The second-order valence-corrected chi connectivity index (χ2v) is 4.12. The van der Waals surface area contributed by atoms with Gasteiger partial charge in [0, 0.05) is 17.3 Å². The third kappa shape index (κ3) is 2.30. The third-order valence-corrected chi connectivity index (χ3v) is 2.86. The molecule has 0 radical (unpaired) electrons. The van der Waals surface area contributed by atoms with Crippen LogP contribution in [-0.2, 0) is 0 Å². The van der Waals surface area contributed by atoms with Gasteiger partial charge < -0.3 is 0 Å². The molecule has 0 aliphatic heterocycles. The maximum Gasteiger partial charge on any atom is 0.151 e. The van der Waals surface area contributed by atoms with E-state index >= 15 is 0 Å². The monoisotopic (exact) mass is 269 g/mol. The molecular formula is C12H6Cl2FNO. The second-order valence-electron chi connectivity index (χ2n) is 3.31. The molecule has 0 amide bonds. The van der Waals surface area contributed by atoms with Gasteiger partial charge in [-0.3, -0.25) is 9.78 Å². The highest BCUT2D eigenvalue weighted by Gasteiger charge is 2.13. The molecule has 0 saturated heterocycles. The third-order valence-electron chi connectivity index (χ3n) is 2.23. The van der Waals surface area contributed by atoms with E-state index in [-0.39, 0.29) is 21.8 Å². The standard InChI is InChI=1S/C12H6Cl2FNO/c13-9-2-1-3-16-12(9)8-4-7(6-17)10(14)5-11(8)15/h1-6H. The van der Waals surface area contributed by atoms with Crippen LogP contribution in [0.5, 0.6) is 0 Å². The molecular weight excluding hydrogens is 264 g/mol. The molecule has 1 aromatic carbocycles. The minimum absolute atomic E-state index is 0.0632. The number of aromatic nitrogens is 1. The zero-order valence-corrected chi connectivity index (χ0v) is 9.97. The first-order valence-corrected chi connectivity index (χ1v) is 5.44. The van der Waals surface area contributed by atoms with Gasteiger partial charge in [0.05, 0.1) is 15.7 Å².